The van der Waals surface area contributed by atoms with E-state index in [1.54, 1.807) is 5.51 Å². The molecule has 0 fully saturated rings. The lowest BCUT2D eigenvalue weighted by atomic mass is 10.2. The first-order valence-corrected chi connectivity index (χ1v) is 9.38. The maximum atomic E-state index is 12.0. The van der Waals surface area contributed by atoms with Gasteiger partial charge in [0.15, 0.2) is 4.34 Å². The molecule has 0 radical (unpaired) electrons. The van der Waals surface area contributed by atoms with Gasteiger partial charge >= 0.3 is 0 Å². The van der Waals surface area contributed by atoms with Gasteiger partial charge in [-0.05, 0) is 36.4 Å². The van der Waals surface area contributed by atoms with E-state index in [-0.39, 0.29) is 5.91 Å². The Balaban J connectivity index is 1.42. The number of para-hydroxylation sites is 2. The Morgan fingerprint density at radius 1 is 1.16 bits per heavy atom. The highest BCUT2D eigenvalue weighted by Gasteiger charge is 2.07. The number of benzene rings is 2. The van der Waals surface area contributed by atoms with Crippen molar-refractivity contribution in [3.8, 4) is 11.4 Å². The maximum absolute atomic E-state index is 12.0. The highest BCUT2D eigenvalue weighted by Crippen LogP contribution is 2.23. The van der Waals surface area contributed by atoms with E-state index in [4.69, 9.17) is 0 Å². The lowest BCUT2D eigenvalue weighted by Crippen LogP contribution is -2.13. The molecule has 0 spiro atoms. The van der Waals surface area contributed by atoms with Crippen LogP contribution in [0.15, 0.2) is 58.4 Å². The predicted molar refractivity (Wildman–Crippen MR) is 101 cm³/mol. The minimum atomic E-state index is -0.0725. The van der Waals surface area contributed by atoms with E-state index in [9.17, 15) is 4.79 Å². The molecule has 2 N–H and O–H groups in total. The zero-order valence-corrected chi connectivity index (χ0v) is 14.6. The summed E-state index contributed by atoms with van der Waals surface area (Å²) in [6.07, 6.45) is 0. The van der Waals surface area contributed by atoms with Crippen LogP contribution < -0.4 is 5.32 Å². The third-order valence-corrected chi connectivity index (χ3v) is 5.36. The highest BCUT2D eigenvalue weighted by atomic mass is 32.2. The van der Waals surface area contributed by atoms with Gasteiger partial charge in [0, 0.05) is 11.3 Å². The van der Waals surface area contributed by atoms with Crippen LogP contribution in [0.1, 0.15) is 0 Å². The van der Waals surface area contributed by atoms with Crippen LogP contribution >= 0.6 is 23.1 Å². The van der Waals surface area contributed by atoms with Crippen molar-refractivity contribution in [2.45, 2.75) is 4.34 Å². The van der Waals surface area contributed by atoms with Crippen molar-refractivity contribution in [1.82, 2.24) is 20.2 Å². The normalized spacial score (nSPS) is 10.9. The molecule has 0 saturated heterocycles. The molecule has 0 aliphatic carbocycles. The second kappa shape index (κ2) is 7.04. The lowest BCUT2D eigenvalue weighted by molar-refractivity contribution is -0.113. The van der Waals surface area contributed by atoms with Gasteiger partial charge in [-0.15, -0.1) is 10.2 Å². The molecule has 4 rings (SSSR count). The van der Waals surface area contributed by atoms with Gasteiger partial charge in [-0.25, -0.2) is 4.98 Å². The predicted octanol–water partition coefficient (Wildman–Crippen LogP) is 3.81. The van der Waals surface area contributed by atoms with Crippen LogP contribution in [0.25, 0.3) is 22.4 Å². The molecule has 4 aromatic rings. The van der Waals surface area contributed by atoms with Crippen molar-refractivity contribution in [1.29, 1.82) is 0 Å². The average molecular weight is 367 g/mol. The molecular weight excluding hydrogens is 354 g/mol. The fraction of sp³-hybridized carbons (Fsp3) is 0.0588. The molecular formula is C17H13N5OS2. The van der Waals surface area contributed by atoms with Crippen molar-refractivity contribution < 1.29 is 4.79 Å². The number of aromatic amines is 1. The van der Waals surface area contributed by atoms with E-state index in [1.165, 1.54) is 23.1 Å². The van der Waals surface area contributed by atoms with Crippen LogP contribution in [-0.4, -0.2) is 31.8 Å². The number of carbonyl (C=O) groups excluding carboxylic acids is 1. The first-order chi connectivity index (χ1) is 12.3. The van der Waals surface area contributed by atoms with E-state index >= 15 is 0 Å². The maximum Gasteiger partial charge on any atom is 0.234 e. The molecule has 2 heterocycles. The largest absolute Gasteiger partial charge is 0.338 e. The number of anilines is 1. The van der Waals surface area contributed by atoms with Crippen molar-refractivity contribution in [2.24, 2.45) is 0 Å². The molecule has 1 amide bonds. The second-order valence-electron chi connectivity index (χ2n) is 5.22. The van der Waals surface area contributed by atoms with Crippen LogP contribution in [0.5, 0.6) is 0 Å². The fourth-order valence-electron chi connectivity index (χ4n) is 2.35. The van der Waals surface area contributed by atoms with Gasteiger partial charge in [0.2, 0.25) is 5.91 Å². The molecule has 0 atom stereocenters. The molecule has 0 aliphatic heterocycles. The van der Waals surface area contributed by atoms with Gasteiger partial charge in [0.25, 0.3) is 0 Å². The summed E-state index contributed by atoms with van der Waals surface area (Å²) in [7, 11) is 0. The Kier molecular flexibility index (Phi) is 4.45. The Labute approximate surface area is 151 Å². The lowest BCUT2D eigenvalue weighted by Gasteiger charge is -2.05. The number of amides is 1. The van der Waals surface area contributed by atoms with Crippen molar-refractivity contribution in [3.05, 3.63) is 54.0 Å². The number of nitrogens with one attached hydrogen (secondary N) is 2. The van der Waals surface area contributed by atoms with Crippen LogP contribution in [0, 0.1) is 0 Å². The molecule has 2 aromatic carbocycles. The van der Waals surface area contributed by atoms with Crippen molar-refractivity contribution >= 4 is 45.7 Å². The molecule has 2 aromatic heterocycles. The average Bonchev–Trinajstić information content (AvgIpc) is 3.30. The number of thioether (sulfide) groups is 1. The monoisotopic (exact) mass is 367 g/mol. The minimum Gasteiger partial charge on any atom is -0.338 e. The van der Waals surface area contributed by atoms with Gasteiger partial charge in [-0.3, -0.25) is 4.79 Å². The Bertz CT molecular complexity index is 963. The van der Waals surface area contributed by atoms with E-state index < -0.39 is 0 Å². The topological polar surface area (TPSA) is 83.6 Å². The SMILES string of the molecule is O=C(CSc1nncs1)Nc1ccc(-c2nc3ccccc3[nH]2)cc1. The first kappa shape index (κ1) is 15.8. The molecule has 124 valence electrons. The fourth-order valence-corrected chi connectivity index (χ4v) is 3.64. The smallest absolute Gasteiger partial charge is 0.234 e. The first-order valence-electron chi connectivity index (χ1n) is 7.52. The van der Waals surface area contributed by atoms with Crippen LogP contribution in [0.2, 0.25) is 0 Å². The summed E-state index contributed by atoms with van der Waals surface area (Å²) >= 11 is 2.80. The number of fused-ring (bicyclic) bond motifs is 1. The van der Waals surface area contributed by atoms with Crippen molar-refractivity contribution in [2.75, 3.05) is 11.1 Å². The molecule has 6 nitrogen and oxygen atoms in total. The molecule has 0 aliphatic rings. The van der Waals surface area contributed by atoms with Gasteiger partial charge in [0.1, 0.15) is 11.3 Å². The molecule has 8 heteroatoms. The minimum absolute atomic E-state index is 0.0725. The summed E-state index contributed by atoms with van der Waals surface area (Å²) in [4.78, 5) is 19.9. The van der Waals surface area contributed by atoms with Crippen LogP contribution in [-0.2, 0) is 4.79 Å². The van der Waals surface area contributed by atoms with E-state index in [0.717, 1.165) is 32.4 Å². The zero-order chi connectivity index (χ0) is 17.1. The summed E-state index contributed by atoms with van der Waals surface area (Å²) in [6, 6.07) is 15.5. The van der Waals surface area contributed by atoms with Gasteiger partial charge in [0.05, 0.1) is 16.8 Å². The number of nitrogens with zero attached hydrogens (tertiary/aromatic N) is 3. The number of rotatable bonds is 5. The summed E-state index contributed by atoms with van der Waals surface area (Å²) < 4.78 is 0.787. The summed E-state index contributed by atoms with van der Waals surface area (Å²) in [5, 5.41) is 10.5. The van der Waals surface area contributed by atoms with Gasteiger partial charge in [-0.2, -0.15) is 0 Å². The van der Waals surface area contributed by atoms with Crippen LogP contribution in [0.4, 0.5) is 5.69 Å². The Morgan fingerprint density at radius 2 is 2.00 bits per heavy atom. The quantitative estimate of drug-likeness (QED) is 0.524. The molecule has 25 heavy (non-hydrogen) atoms. The third kappa shape index (κ3) is 3.70. The van der Waals surface area contributed by atoms with Gasteiger partial charge in [-0.1, -0.05) is 35.2 Å². The standard InChI is InChI=1S/C17H13N5OS2/c23-15(9-24-17-22-18-10-25-17)19-12-7-5-11(6-8-12)16-20-13-3-1-2-4-14(13)21-16/h1-8,10H,9H2,(H,19,23)(H,20,21). The number of H-pyrrole nitrogens is 1. The summed E-state index contributed by atoms with van der Waals surface area (Å²) in [6.45, 7) is 0. The summed E-state index contributed by atoms with van der Waals surface area (Å²) in [5.41, 5.74) is 5.31. The Morgan fingerprint density at radius 3 is 2.76 bits per heavy atom. The van der Waals surface area contributed by atoms with E-state index in [2.05, 4.69) is 25.5 Å². The van der Waals surface area contributed by atoms with Gasteiger partial charge < -0.3 is 10.3 Å². The molecule has 0 unspecified atom stereocenters. The number of aromatic nitrogens is 4. The molecule has 0 bridgehead atoms. The molecule has 0 saturated carbocycles. The van der Waals surface area contributed by atoms with E-state index in [1.807, 2.05) is 48.5 Å². The Hall–Kier alpha value is -2.71. The number of imidazole rings is 1. The van der Waals surface area contributed by atoms with Crippen molar-refractivity contribution in [3.63, 3.8) is 0 Å². The summed E-state index contributed by atoms with van der Waals surface area (Å²) in [5.74, 6) is 1.04. The number of hydrogen-bond donors (Lipinski definition) is 2. The third-order valence-electron chi connectivity index (χ3n) is 3.50. The number of carbonyl (C=O) groups is 1. The van der Waals surface area contributed by atoms with E-state index in [0.29, 0.717) is 5.75 Å². The second-order valence-corrected chi connectivity index (χ2v) is 7.28. The van der Waals surface area contributed by atoms with Crippen LogP contribution in [0.3, 0.4) is 0 Å². The number of hydrogen-bond acceptors (Lipinski definition) is 6. The zero-order valence-electron chi connectivity index (χ0n) is 13.0. The highest BCUT2D eigenvalue weighted by molar-refractivity contribution is 8.01.